The third-order valence-corrected chi connectivity index (χ3v) is 7.30. The summed E-state index contributed by atoms with van der Waals surface area (Å²) in [4.78, 5) is 4.04. The first-order valence-corrected chi connectivity index (χ1v) is 9.53. The van der Waals surface area contributed by atoms with Gasteiger partial charge in [0.25, 0.3) is 9.05 Å². The zero-order chi connectivity index (χ0) is 15.5. The van der Waals surface area contributed by atoms with Crippen LogP contribution in [0.2, 0.25) is 0 Å². The molecule has 2 saturated carbocycles. The maximum atomic E-state index is 11.6. The number of fused-ring (bicyclic) bond motifs is 2. The molecule has 2 bridgehead atoms. The summed E-state index contributed by atoms with van der Waals surface area (Å²) in [6, 6.07) is 2.99. The number of hydrogen-bond acceptors (Lipinski definition) is 4. The quantitative estimate of drug-likeness (QED) is 0.795. The lowest BCUT2D eigenvalue weighted by Crippen LogP contribution is -2.39. The lowest BCUT2D eigenvalue weighted by atomic mass is 9.70. The van der Waals surface area contributed by atoms with E-state index in [1.54, 1.807) is 6.07 Å². The Bertz CT molecular complexity index is 673. The first-order chi connectivity index (χ1) is 9.66. The van der Waals surface area contributed by atoms with Gasteiger partial charge in [-0.05, 0) is 42.7 Å². The number of nitrogens with zero attached hydrogens (tertiary/aromatic N) is 1. The smallest absolute Gasteiger partial charge is 0.266 e. The Morgan fingerprint density at radius 3 is 2.62 bits per heavy atom. The van der Waals surface area contributed by atoms with Gasteiger partial charge in [0, 0.05) is 22.3 Å². The number of ether oxygens (including phenoxy) is 1. The van der Waals surface area contributed by atoms with E-state index in [4.69, 9.17) is 15.4 Å². The highest BCUT2D eigenvalue weighted by molar-refractivity contribution is 8.13. The molecule has 0 spiro atoms. The number of halogens is 1. The predicted octanol–water partition coefficient (Wildman–Crippen LogP) is 3.60. The molecule has 1 aromatic heterocycles. The zero-order valence-corrected chi connectivity index (χ0v) is 14.0. The van der Waals surface area contributed by atoms with Crippen LogP contribution in [-0.2, 0) is 9.05 Å². The van der Waals surface area contributed by atoms with Gasteiger partial charge >= 0.3 is 0 Å². The Morgan fingerprint density at radius 1 is 1.38 bits per heavy atom. The van der Waals surface area contributed by atoms with E-state index < -0.39 is 9.05 Å². The molecule has 3 rings (SSSR count). The standard InChI is InChI=1S/C15H20ClNO3S/c1-14(2)10-6-7-15(14,3)12(9-10)20-13-11(21(16,18)19)5-4-8-17-13/h4-5,8,10,12H,6-7,9H2,1-3H3. The van der Waals surface area contributed by atoms with Crippen LogP contribution in [-0.4, -0.2) is 19.5 Å². The minimum Gasteiger partial charge on any atom is -0.473 e. The van der Waals surface area contributed by atoms with E-state index in [0.29, 0.717) is 5.92 Å². The number of hydrogen-bond donors (Lipinski definition) is 0. The van der Waals surface area contributed by atoms with E-state index in [1.807, 2.05) is 0 Å². The van der Waals surface area contributed by atoms with Crippen molar-refractivity contribution >= 4 is 19.7 Å². The minimum absolute atomic E-state index is 0.0154. The summed E-state index contributed by atoms with van der Waals surface area (Å²) in [7, 11) is 1.62. The summed E-state index contributed by atoms with van der Waals surface area (Å²) in [6.45, 7) is 6.81. The van der Waals surface area contributed by atoms with Crippen LogP contribution < -0.4 is 4.74 Å². The van der Waals surface area contributed by atoms with E-state index in [0.717, 1.165) is 12.8 Å². The van der Waals surface area contributed by atoms with Crippen molar-refractivity contribution in [3.05, 3.63) is 18.3 Å². The molecule has 0 aliphatic heterocycles. The summed E-state index contributed by atoms with van der Waals surface area (Å²) in [5, 5.41) is 0. The van der Waals surface area contributed by atoms with Crippen molar-refractivity contribution in [3.63, 3.8) is 0 Å². The van der Waals surface area contributed by atoms with Crippen LogP contribution in [0.15, 0.2) is 23.2 Å². The van der Waals surface area contributed by atoms with E-state index in [2.05, 4.69) is 25.8 Å². The average Bonchev–Trinajstić information content (AvgIpc) is 2.71. The average molecular weight is 330 g/mol. The Balaban J connectivity index is 1.94. The van der Waals surface area contributed by atoms with Crippen molar-refractivity contribution in [2.24, 2.45) is 16.7 Å². The highest BCUT2D eigenvalue weighted by atomic mass is 35.7. The molecule has 2 aliphatic rings. The van der Waals surface area contributed by atoms with Crippen LogP contribution in [0, 0.1) is 16.7 Å². The lowest BCUT2D eigenvalue weighted by Gasteiger charge is -2.38. The molecule has 6 heteroatoms. The fourth-order valence-electron chi connectivity index (χ4n) is 4.09. The van der Waals surface area contributed by atoms with Gasteiger partial charge in [-0.1, -0.05) is 20.8 Å². The molecule has 4 nitrogen and oxygen atoms in total. The lowest BCUT2D eigenvalue weighted by molar-refractivity contribution is 0.0253. The van der Waals surface area contributed by atoms with Gasteiger partial charge in [0.15, 0.2) is 0 Å². The molecule has 3 atom stereocenters. The molecule has 2 fully saturated rings. The van der Waals surface area contributed by atoms with Gasteiger partial charge in [0.05, 0.1) is 0 Å². The van der Waals surface area contributed by atoms with Crippen LogP contribution >= 0.6 is 10.7 Å². The molecule has 0 N–H and O–H groups in total. The van der Waals surface area contributed by atoms with Crippen molar-refractivity contribution in [3.8, 4) is 5.88 Å². The summed E-state index contributed by atoms with van der Waals surface area (Å²) in [6.07, 6.45) is 4.78. The molecule has 0 aromatic carbocycles. The second-order valence-corrected chi connectivity index (χ2v) is 9.50. The van der Waals surface area contributed by atoms with Gasteiger partial charge in [-0.2, -0.15) is 0 Å². The Hall–Kier alpha value is -0.810. The van der Waals surface area contributed by atoms with Crippen molar-refractivity contribution in [2.45, 2.75) is 51.0 Å². The van der Waals surface area contributed by atoms with Crippen LogP contribution in [0.25, 0.3) is 0 Å². The van der Waals surface area contributed by atoms with Crippen molar-refractivity contribution in [1.82, 2.24) is 4.98 Å². The zero-order valence-electron chi connectivity index (χ0n) is 12.5. The van der Waals surface area contributed by atoms with E-state index >= 15 is 0 Å². The van der Waals surface area contributed by atoms with Crippen LogP contribution in [0.4, 0.5) is 0 Å². The van der Waals surface area contributed by atoms with Crippen LogP contribution in [0.3, 0.4) is 0 Å². The van der Waals surface area contributed by atoms with E-state index in [1.165, 1.54) is 18.7 Å². The second-order valence-electron chi connectivity index (χ2n) is 6.96. The molecule has 2 aliphatic carbocycles. The molecular weight excluding hydrogens is 310 g/mol. The Kier molecular flexibility index (Phi) is 3.30. The number of pyridine rings is 1. The van der Waals surface area contributed by atoms with Crippen molar-refractivity contribution < 1.29 is 13.2 Å². The summed E-state index contributed by atoms with van der Waals surface area (Å²) >= 11 is 0. The van der Waals surface area contributed by atoms with E-state index in [9.17, 15) is 8.42 Å². The van der Waals surface area contributed by atoms with Gasteiger partial charge in [0.1, 0.15) is 11.0 Å². The first kappa shape index (κ1) is 15.1. The normalized spacial score (nSPS) is 34.1. The van der Waals surface area contributed by atoms with Crippen LogP contribution in [0.5, 0.6) is 5.88 Å². The van der Waals surface area contributed by atoms with Crippen molar-refractivity contribution in [2.75, 3.05) is 0 Å². The summed E-state index contributed by atoms with van der Waals surface area (Å²) < 4.78 is 29.3. The largest absolute Gasteiger partial charge is 0.473 e. The molecule has 0 radical (unpaired) electrons. The maximum absolute atomic E-state index is 11.6. The molecule has 0 saturated heterocycles. The Morgan fingerprint density at radius 2 is 2.10 bits per heavy atom. The van der Waals surface area contributed by atoms with Gasteiger partial charge in [-0.15, -0.1) is 0 Å². The third-order valence-electron chi connectivity index (χ3n) is 5.97. The van der Waals surface area contributed by atoms with E-state index in [-0.39, 0.29) is 27.7 Å². The summed E-state index contributed by atoms with van der Waals surface area (Å²) in [5.41, 5.74) is 0.245. The van der Waals surface area contributed by atoms with Gasteiger partial charge in [-0.3, -0.25) is 0 Å². The highest BCUT2D eigenvalue weighted by Gasteiger charge is 2.62. The first-order valence-electron chi connectivity index (χ1n) is 7.22. The molecule has 0 amide bonds. The molecule has 21 heavy (non-hydrogen) atoms. The second kappa shape index (κ2) is 4.59. The molecular formula is C15H20ClNO3S. The van der Waals surface area contributed by atoms with Gasteiger partial charge < -0.3 is 4.74 Å². The third kappa shape index (κ3) is 2.16. The summed E-state index contributed by atoms with van der Waals surface area (Å²) in [5.74, 6) is 0.745. The molecule has 1 aromatic rings. The molecule has 3 unspecified atom stereocenters. The topological polar surface area (TPSA) is 56.3 Å². The fraction of sp³-hybridized carbons (Fsp3) is 0.667. The van der Waals surface area contributed by atoms with Crippen LogP contribution in [0.1, 0.15) is 40.0 Å². The minimum atomic E-state index is -3.85. The number of aromatic nitrogens is 1. The number of rotatable bonds is 3. The van der Waals surface area contributed by atoms with Gasteiger partial charge in [-0.25, -0.2) is 13.4 Å². The fourth-order valence-corrected chi connectivity index (χ4v) is 5.00. The Labute approximate surface area is 130 Å². The van der Waals surface area contributed by atoms with Gasteiger partial charge in [0.2, 0.25) is 5.88 Å². The predicted molar refractivity (Wildman–Crippen MR) is 80.9 cm³/mol. The SMILES string of the molecule is CC1(C)C2CCC1(C)C(Oc1ncccc1S(=O)(=O)Cl)C2. The molecule has 116 valence electrons. The monoisotopic (exact) mass is 329 g/mol. The van der Waals surface area contributed by atoms with Crippen molar-refractivity contribution in [1.29, 1.82) is 0 Å². The maximum Gasteiger partial charge on any atom is 0.266 e. The highest BCUT2D eigenvalue weighted by Crippen LogP contribution is 2.66. The molecule has 1 heterocycles.